The summed E-state index contributed by atoms with van der Waals surface area (Å²) >= 11 is 0. The highest BCUT2D eigenvalue weighted by Crippen LogP contribution is 2.23. The van der Waals surface area contributed by atoms with E-state index in [2.05, 4.69) is 20.3 Å². The zero-order chi connectivity index (χ0) is 17.7. The van der Waals surface area contributed by atoms with Crippen LogP contribution in [0.5, 0.6) is 0 Å². The summed E-state index contributed by atoms with van der Waals surface area (Å²) in [5.41, 5.74) is 1.58. The lowest BCUT2D eigenvalue weighted by atomic mass is 10.1. The molecule has 0 radical (unpaired) electrons. The van der Waals surface area contributed by atoms with Gasteiger partial charge in [-0.25, -0.2) is 4.79 Å². The average Bonchev–Trinajstić information content (AvgIpc) is 2.53. The van der Waals surface area contributed by atoms with Crippen LogP contribution in [0.4, 0.5) is 4.79 Å². The number of nitrogens with one attached hydrogen (secondary N) is 1. The molecule has 0 fully saturated rings. The predicted molar refractivity (Wildman–Crippen MR) is 87.8 cm³/mol. The van der Waals surface area contributed by atoms with E-state index in [9.17, 15) is 4.79 Å². The summed E-state index contributed by atoms with van der Waals surface area (Å²) in [6.45, 7) is 7.18. The van der Waals surface area contributed by atoms with Crippen molar-refractivity contribution >= 4 is 6.09 Å². The first-order chi connectivity index (χ1) is 11.3. The number of carbonyl (C=O) groups excluding carboxylic acids is 1. The molecule has 0 saturated carbocycles. The third-order valence-corrected chi connectivity index (χ3v) is 3.01. The molecule has 0 spiro atoms. The van der Waals surface area contributed by atoms with Gasteiger partial charge in [-0.1, -0.05) is 0 Å². The van der Waals surface area contributed by atoms with Crippen molar-refractivity contribution in [2.75, 3.05) is 0 Å². The number of pyridine rings is 1. The van der Waals surface area contributed by atoms with Crippen LogP contribution in [0.3, 0.4) is 0 Å². The smallest absolute Gasteiger partial charge is 0.408 e. The van der Waals surface area contributed by atoms with Gasteiger partial charge in [0.2, 0.25) is 0 Å². The van der Waals surface area contributed by atoms with Gasteiger partial charge in [-0.3, -0.25) is 15.0 Å². The highest BCUT2D eigenvalue weighted by atomic mass is 16.6. The maximum atomic E-state index is 11.9. The summed E-state index contributed by atoms with van der Waals surface area (Å²) in [6, 6.07) is 4.96. The Morgan fingerprint density at radius 2 is 1.96 bits per heavy atom. The maximum absolute atomic E-state index is 11.9. The van der Waals surface area contributed by atoms with E-state index in [1.165, 1.54) is 6.20 Å². The first-order valence-electron chi connectivity index (χ1n) is 7.47. The second-order valence-electron chi connectivity index (χ2n) is 6.20. The van der Waals surface area contributed by atoms with E-state index < -0.39 is 17.7 Å². The SMILES string of the molecule is C[C@H](NC(=O)OC(C)(C)C)c1nccnc1-c1ccc(C#N)cn1. The van der Waals surface area contributed by atoms with Crippen molar-refractivity contribution < 1.29 is 9.53 Å². The average molecular weight is 325 g/mol. The summed E-state index contributed by atoms with van der Waals surface area (Å²) in [4.78, 5) is 24.8. The minimum Gasteiger partial charge on any atom is -0.444 e. The zero-order valence-electron chi connectivity index (χ0n) is 14.1. The van der Waals surface area contributed by atoms with Crippen molar-refractivity contribution in [3.63, 3.8) is 0 Å². The van der Waals surface area contributed by atoms with Crippen molar-refractivity contribution in [1.29, 1.82) is 5.26 Å². The molecular formula is C17H19N5O2. The molecule has 2 heterocycles. The topological polar surface area (TPSA) is 101 Å². The molecule has 0 aliphatic carbocycles. The van der Waals surface area contributed by atoms with Crippen LogP contribution in [0.1, 0.15) is 45.0 Å². The fourth-order valence-electron chi connectivity index (χ4n) is 2.02. The first-order valence-corrected chi connectivity index (χ1v) is 7.47. The molecule has 0 aliphatic heterocycles. The van der Waals surface area contributed by atoms with Crippen molar-refractivity contribution in [3.05, 3.63) is 42.0 Å². The normalized spacial score (nSPS) is 12.1. The minimum atomic E-state index is -0.580. The second kappa shape index (κ2) is 7.04. The Bertz CT molecular complexity index is 760. The monoisotopic (exact) mass is 325 g/mol. The molecule has 1 N–H and O–H groups in total. The Morgan fingerprint density at radius 3 is 2.54 bits per heavy atom. The molecule has 1 amide bonds. The van der Waals surface area contributed by atoms with E-state index in [0.29, 0.717) is 22.6 Å². The molecule has 24 heavy (non-hydrogen) atoms. The third-order valence-electron chi connectivity index (χ3n) is 3.01. The maximum Gasteiger partial charge on any atom is 0.408 e. The van der Waals surface area contributed by atoms with Crippen LogP contribution in [0.25, 0.3) is 11.4 Å². The Hall–Kier alpha value is -3.01. The van der Waals surface area contributed by atoms with Crippen LogP contribution in [0.15, 0.2) is 30.7 Å². The van der Waals surface area contributed by atoms with Crippen molar-refractivity contribution in [1.82, 2.24) is 20.3 Å². The van der Waals surface area contributed by atoms with Crippen molar-refractivity contribution in [2.24, 2.45) is 0 Å². The number of aromatic nitrogens is 3. The van der Waals surface area contributed by atoms with Gasteiger partial charge in [-0.05, 0) is 39.8 Å². The second-order valence-corrected chi connectivity index (χ2v) is 6.20. The zero-order valence-corrected chi connectivity index (χ0v) is 14.1. The summed E-state index contributed by atoms with van der Waals surface area (Å²) in [5.74, 6) is 0. The highest BCUT2D eigenvalue weighted by molar-refractivity contribution is 5.69. The van der Waals surface area contributed by atoms with Gasteiger partial charge in [0.05, 0.1) is 23.0 Å². The molecule has 2 rings (SSSR count). The minimum absolute atomic E-state index is 0.416. The molecule has 0 unspecified atom stereocenters. The van der Waals surface area contributed by atoms with Crippen LogP contribution in [-0.2, 0) is 4.74 Å². The van der Waals surface area contributed by atoms with E-state index in [0.717, 1.165) is 0 Å². The molecule has 7 heteroatoms. The summed E-state index contributed by atoms with van der Waals surface area (Å²) in [6.07, 6.45) is 4.05. The first kappa shape index (κ1) is 17.3. The van der Waals surface area contributed by atoms with Gasteiger partial charge in [0, 0.05) is 18.6 Å². The molecule has 1 atom stereocenters. The van der Waals surface area contributed by atoms with E-state index >= 15 is 0 Å². The Labute approximate surface area is 140 Å². The van der Waals surface area contributed by atoms with E-state index in [4.69, 9.17) is 10.00 Å². The molecule has 0 saturated heterocycles. The number of carbonyl (C=O) groups is 1. The molecular weight excluding hydrogens is 306 g/mol. The lowest BCUT2D eigenvalue weighted by Gasteiger charge is -2.22. The summed E-state index contributed by atoms with van der Waals surface area (Å²) in [7, 11) is 0. The third kappa shape index (κ3) is 4.49. The Morgan fingerprint density at radius 1 is 1.25 bits per heavy atom. The van der Waals surface area contributed by atoms with Gasteiger partial charge in [-0.15, -0.1) is 0 Å². The number of nitrogens with zero attached hydrogens (tertiary/aromatic N) is 4. The van der Waals surface area contributed by atoms with Crippen LogP contribution in [-0.4, -0.2) is 26.6 Å². The molecule has 7 nitrogen and oxygen atoms in total. The van der Waals surface area contributed by atoms with E-state index in [1.807, 2.05) is 6.07 Å². The standard InChI is InChI=1S/C17H19N5O2/c1-11(22-16(23)24-17(2,3)4)14-15(20-8-7-19-14)13-6-5-12(9-18)10-21-13/h5-8,10-11H,1-4H3,(H,22,23)/t11-/m0/s1. The van der Waals surface area contributed by atoms with E-state index in [1.54, 1.807) is 52.2 Å². The van der Waals surface area contributed by atoms with Gasteiger partial charge < -0.3 is 10.1 Å². The van der Waals surface area contributed by atoms with E-state index in [-0.39, 0.29) is 0 Å². The molecule has 0 aromatic carbocycles. The number of hydrogen-bond donors (Lipinski definition) is 1. The van der Waals surface area contributed by atoms with Crippen LogP contribution in [0.2, 0.25) is 0 Å². The van der Waals surface area contributed by atoms with Gasteiger partial charge in [0.1, 0.15) is 17.4 Å². The number of rotatable bonds is 3. The lowest BCUT2D eigenvalue weighted by Crippen LogP contribution is -2.34. The molecule has 2 aromatic rings. The summed E-state index contributed by atoms with van der Waals surface area (Å²) < 4.78 is 5.26. The predicted octanol–water partition coefficient (Wildman–Crippen LogP) is 3.00. The van der Waals surface area contributed by atoms with Crippen molar-refractivity contribution in [3.8, 4) is 17.5 Å². The number of ether oxygens (including phenoxy) is 1. The van der Waals surface area contributed by atoms with Gasteiger partial charge in [-0.2, -0.15) is 5.26 Å². The number of nitriles is 1. The number of alkyl carbamates (subject to hydrolysis) is 1. The Balaban J connectivity index is 2.24. The molecule has 0 bridgehead atoms. The quantitative estimate of drug-likeness (QED) is 0.931. The number of amides is 1. The molecule has 0 aliphatic rings. The lowest BCUT2D eigenvalue weighted by molar-refractivity contribution is 0.0507. The van der Waals surface area contributed by atoms with Gasteiger partial charge in [0.25, 0.3) is 0 Å². The fraction of sp³-hybridized carbons (Fsp3) is 0.353. The Kier molecular flexibility index (Phi) is 5.09. The van der Waals surface area contributed by atoms with Crippen LogP contribution >= 0.6 is 0 Å². The largest absolute Gasteiger partial charge is 0.444 e. The molecule has 2 aromatic heterocycles. The fourth-order valence-corrected chi connectivity index (χ4v) is 2.02. The van der Waals surface area contributed by atoms with Gasteiger partial charge in [0.15, 0.2) is 0 Å². The van der Waals surface area contributed by atoms with Crippen LogP contribution < -0.4 is 5.32 Å². The number of hydrogen-bond acceptors (Lipinski definition) is 6. The highest BCUT2D eigenvalue weighted by Gasteiger charge is 2.21. The van der Waals surface area contributed by atoms with Crippen molar-refractivity contribution in [2.45, 2.75) is 39.3 Å². The molecule has 124 valence electrons. The van der Waals surface area contributed by atoms with Crippen LogP contribution in [0, 0.1) is 11.3 Å². The summed E-state index contributed by atoms with van der Waals surface area (Å²) in [5, 5.41) is 11.6. The van der Waals surface area contributed by atoms with Gasteiger partial charge >= 0.3 is 6.09 Å².